The van der Waals surface area contributed by atoms with Crippen LogP contribution < -0.4 is 0 Å². The van der Waals surface area contributed by atoms with Gasteiger partial charge in [-0.25, -0.2) is 9.97 Å². The van der Waals surface area contributed by atoms with E-state index in [0.29, 0.717) is 0 Å². The van der Waals surface area contributed by atoms with Gasteiger partial charge in [-0.3, -0.25) is 0 Å². The first-order chi connectivity index (χ1) is 8.24. The normalized spacial score (nSPS) is 10.9. The highest BCUT2D eigenvalue weighted by Gasteiger charge is 2.08. The molecule has 2 aromatic heterocycles. The Morgan fingerprint density at radius 3 is 2.76 bits per heavy atom. The zero-order valence-electron chi connectivity index (χ0n) is 8.61. The molecule has 17 heavy (non-hydrogen) atoms. The number of pyridine rings is 1. The molecule has 0 saturated carbocycles. The third-order valence-corrected chi connectivity index (χ3v) is 3.56. The van der Waals surface area contributed by atoms with Gasteiger partial charge in [-0.15, -0.1) is 0 Å². The van der Waals surface area contributed by atoms with Crippen LogP contribution in [0.25, 0.3) is 22.6 Å². The summed E-state index contributed by atoms with van der Waals surface area (Å²) in [5.74, 6) is 0.818. The van der Waals surface area contributed by atoms with E-state index in [1.54, 1.807) is 6.20 Å². The Kier molecular flexibility index (Phi) is 2.72. The van der Waals surface area contributed by atoms with Crippen molar-refractivity contribution in [1.82, 2.24) is 15.0 Å². The van der Waals surface area contributed by atoms with Crippen molar-refractivity contribution in [1.29, 1.82) is 0 Å². The number of aromatic amines is 1. The molecule has 1 N–H and O–H groups in total. The molecule has 0 unspecified atom stereocenters. The van der Waals surface area contributed by atoms with E-state index in [4.69, 9.17) is 0 Å². The summed E-state index contributed by atoms with van der Waals surface area (Å²) in [6, 6.07) is 9.93. The second-order valence-corrected chi connectivity index (χ2v) is 5.36. The summed E-state index contributed by atoms with van der Waals surface area (Å²) < 4.78 is 1.95. The number of rotatable bonds is 1. The second kappa shape index (κ2) is 4.23. The van der Waals surface area contributed by atoms with Crippen LogP contribution in [0.2, 0.25) is 0 Å². The first kappa shape index (κ1) is 10.9. The van der Waals surface area contributed by atoms with Crippen LogP contribution in [0, 0.1) is 0 Å². The predicted molar refractivity (Wildman–Crippen MR) is 74.7 cm³/mol. The standard InChI is InChI=1S/C12H7Br2N3/c13-7-5-10-12(15-6-7)17-11(16-10)8-3-1-2-4-9(8)14/h1-6H,(H,15,16,17). The van der Waals surface area contributed by atoms with Gasteiger partial charge in [-0.1, -0.05) is 34.1 Å². The Morgan fingerprint density at radius 1 is 1.12 bits per heavy atom. The maximum Gasteiger partial charge on any atom is 0.178 e. The lowest BCUT2D eigenvalue weighted by molar-refractivity contribution is 1.29. The van der Waals surface area contributed by atoms with Gasteiger partial charge in [-0.05, 0) is 28.1 Å². The van der Waals surface area contributed by atoms with Crippen LogP contribution >= 0.6 is 31.9 Å². The molecule has 0 atom stereocenters. The van der Waals surface area contributed by atoms with Crippen LogP contribution in [0.5, 0.6) is 0 Å². The van der Waals surface area contributed by atoms with Crippen LogP contribution in [0.15, 0.2) is 45.5 Å². The van der Waals surface area contributed by atoms with E-state index in [1.165, 1.54) is 0 Å². The van der Waals surface area contributed by atoms with Crippen molar-refractivity contribution >= 4 is 43.0 Å². The average molecular weight is 353 g/mol. The zero-order valence-corrected chi connectivity index (χ0v) is 11.8. The molecule has 0 radical (unpaired) electrons. The van der Waals surface area contributed by atoms with Crippen molar-refractivity contribution in [2.24, 2.45) is 0 Å². The lowest BCUT2D eigenvalue weighted by Crippen LogP contribution is -1.81. The summed E-state index contributed by atoms with van der Waals surface area (Å²) in [4.78, 5) is 12.0. The highest BCUT2D eigenvalue weighted by atomic mass is 79.9. The molecule has 0 fully saturated rings. The molecule has 0 aliphatic rings. The number of nitrogens with zero attached hydrogens (tertiary/aromatic N) is 2. The van der Waals surface area contributed by atoms with Gasteiger partial charge in [0, 0.05) is 20.7 Å². The van der Waals surface area contributed by atoms with Gasteiger partial charge in [0.15, 0.2) is 5.65 Å². The van der Waals surface area contributed by atoms with Crippen LogP contribution in [0.1, 0.15) is 0 Å². The maximum atomic E-state index is 4.47. The number of benzene rings is 1. The van der Waals surface area contributed by atoms with Crippen molar-refractivity contribution in [2.45, 2.75) is 0 Å². The quantitative estimate of drug-likeness (QED) is 0.714. The Bertz CT molecular complexity index is 691. The minimum Gasteiger partial charge on any atom is -0.337 e. The first-order valence-electron chi connectivity index (χ1n) is 5.00. The third-order valence-electron chi connectivity index (χ3n) is 2.43. The lowest BCUT2D eigenvalue weighted by Gasteiger charge is -1.98. The summed E-state index contributed by atoms with van der Waals surface area (Å²) in [7, 11) is 0. The summed E-state index contributed by atoms with van der Waals surface area (Å²) in [5, 5.41) is 0. The first-order valence-corrected chi connectivity index (χ1v) is 6.59. The molecule has 3 rings (SSSR count). The minimum absolute atomic E-state index is 0.721. The summed E-state index contributed by atoms with van der Waals surface area (Å²) in [6.45, 7) is 0. The van der Waals surface area contributed by atoms with Crippen LogP contribution in [0.4, 0.5) is 0 Å². The fraction of sp³-hybridized carbons (Fsp3) is 0. The Morgan fingerprint density at radius 2 is 1.94 bits per heavy atom. The Labute approximate surface area is 115 Å². The van der Waals surface area contributed by atoms with E-state index in [9.17, 15) is 0 Å². The van der Waals surface area contributed by atoms with Gasteiger partial charge in [0.2, 0.25) is 0 Å². The molecule has 84 valence electrons. The topological polar surface area (TPSA) is 41.6 Å². The van der Waals surface area contributed by atoms with Crippen LogP contribution in [-0.4, -0.2) is 15.0 Å². The highest BCUT2D eigenvalue weighted by molar-refractivity contribution is 9.10. The van der Waals surface area contributed by atoms with Crippen LogP contribution in [0.3, 0.4) is 0 Å². The minimum atomic E-state index is 0.721. The smallest absolute Gasteiger partial charge is 0.178 e. The van der Waals surface area contributed by atoms with E-state index in [1.807, 2.05) is 30.3 Å². The lowest BCUT2D eigenvalue weighted by atomic mass is 10.2. The molecule has 0 aliphatic heterocycles. The van der Waals surface area contributed by atoms with Gasteiger partial charge in [-0.2, -0.15) is 0 Å². The number of fused-ring (bicyclic) bond motifs is 1. The van der Waals surface area contributed by atoms with E-state index in [0.717, 1.165) is 31.5 Å². The molecule has 0 saturated heterocycles. The molecule has 1 aromatic carbocycles. The zero-order chi connectivity index (χ0) is 11.8. The number of H-pyrrole nitrogens is 1. The van der Waals surface area contributed by atoms with Crippen molar-refractivity contribution in [3.63, 3.8) is 0 Å². The molecule has 2 heterocycles. The van der Waals surface area contributed by atoms with Gasteiger partial charge in [0.05, 0.1) is 5.52 Å². The van der Waals surface area contributed by atoms with Gasteiger partial charge >= 0.3 is 0 Å². The average Bonchev–Trinajstić information content (AvgIpc) is 2.72. The molecule has 0 amide bonds. The number of imidazole rings is 1. The van der Waals surface area contributed by atoms with Crippen molar-refractivity contribution in [3.8, 4) is 11.4 Å². The van der Waals surface area contributed by atoms with Gasteiger partial charge in [0.1, 0.15) is 5.82 Å². The van der Waals surface area contributed by atoms with Gasteiger partial charge < -0.3 is 4.98 Å². The monoisotopic (exact) mass is 351 g/mol. The molecular formula is C12H7Br2N3. The van der Waals surface area contributed by atoms with Crippen molar-refractivity contribution in [2.75, 3.05) is 0 Å². The molecule has 3 aromatic rings. The highest BCUT2D eigenvalue weighted by Crippen LogP contribution is 2.27. The summed E-state index contributed by atoms with van der Waals surface area (Å²) >= 11 is 6.91. The number of aromatic nitrogens is 3. The maximum absolute atomic E-state index is 4.47. The summed E-state index contributed by atoms with van der Waals surface area (Å²) in [5.41, 5.74) is 2.67. The van der Waals surface area contributed by atoms with Crippen LogP contribution in [-0.2, 0) is 0 Å². The van der Waals surface area contributed by atoms with E-state index >= 15 is 0 Å². The molecule has 5 heteroatoms. The van der Waals surface area contributed by atoms with E-state index in [-0.39, 0.29) is 0 Å². The number of hydrogen-bond donors (Lipinski definition) is 1. The molecule has 3 nitrogen and oxygen atoms in total. The van der Waals surface area contributed by atoms with E-state index < -0.39 is 0 Å². The molecule has 0 bridgehead atoms. The van der Waals surface area contributed by atoms with Crippen molar-refractivity contribution in [3.05, 3.63) is 45.5 Å². The second-order valence-electron chi connectivity index (χ2n) is 3.59. The van der Waals surface area contributed by atoms with E-state index in [2.05, 4.69) is 46.8 Å². The largest absolute Gasteiger partial charge is 0.337 e. The molecule has 0 spiro atoms. The predicted octanol–water partition coefficient (Wildman–Crippen LogP) is 4.15. The fourth-order valence-electron chi connectivity index (χ4n) is 1.66. The third kappa shape index (κ3) is 2.00. The SMILES string of the molecule is Brc1cnc2nc(-c3ccccc3Br)[nH]c2c1. The van der Waals surface area contributed by atoms with Crippen molar-refractivity contribution < 1.29 is 0 Å². The summed E-state index contributed by atoms with van der Waals surface area (Å²) in [6.07, 6.45) is 1.74. The number of nitrogens with one attached hydrogen (secondary N) is 1. The Hall–Kier alpha value is -1.20. The molecule has 0 aliphatic carbocycles. The fourth-order valence-corrected chi connectivity index (χ4v) is 2.46. The Balaban J connectivity index is 2.22. The molecular weight excluding hydrogens is 346 g/mol. The van der Waals surface area contributed by atoms with Gasteiger partial charge in [0.25, 0.3) is 0 Å². The number of halogens is 2. The number of hydrogen-bond acceptors (Lipinski definition) is 2.